The van der Waals surface area contributed by atoms with E-state index < -0.39 is 12.0 Å². The molecule has 1 aromatic heterocycles. The average Bonchev–Trinajstić information content (AvgIpc) is 2.97. The molecule has 5 nitrogen and oxygen atoms in total. The molecule has 1 amide bonds. The number of carboxylic acid groups (broad SMARTS) is 1. The highest BCUT2D eigenvalue weighted by Gasteiger charge is 2.28. The molecular weight excluding hydrogens is 240 g/mol. The van der Waals surface area contributed by atoms with E-state index >= 15 is 0 Å². The van der Waals surface area contributed by atoms with Gasteiger partial charge in [0.15, 0.2) is 6.04 Å². The summed E-state index contributed by atoms with van der Waals surface area (Å²) in [5.74, 6) is -1.26. The fourth-order valence-corrected chi connectivity index (χ4v) is 2.63. The Balaban J connectivity index is 2.03. The second-order valence-electron chi connectivity index (χ2n) is 3.94. The Kier molecular flexibility index (Phi) is 3.75. The topological polar surface area (TPSA) is 78.4 Å². The van der Waals surface area contributed by atoms with Gasteiger partial charge in [-0.3, -0.25) is 4.79 Å². The van der Waals surface area contributed by atoms with Crippen LogP contribution in [0, 0.1) is 0 Å². The van der Waals surface area contributed by atoms with Crippen molar-refractivity contribution in [1.29, 1.82) is 0 Å². The molecule has 1 saturated heterocycles. The van der Waals surface area contributed by atoms with Gasteiger partial charge < -0.3 is 15.7 Å². The van der Waals surface area contributed by atoms with Gasteiger partial charge in [-0.1, -0.05) is 6.07 Å². The summed E-state index contributed by atoms with van der Waals surface area (Å²) in [5, 5.41) is 16.5. The molecule has 2 rings (SSSR count). The minimum atomic E-state index is -1.03. The van der Waals surface area contributed by atoms with Crippen molar-refractivity contribution in [3.63, 3.8) is 0 Å². The normalized spacial score (nSPS) is 21.1. The summed E-state index contributed by atoms with van der Waals surface area (Å²) >= 11 is 1.33. The third-order valence-corrected chi connectivity index (χ3v) is 3.68. The molecule has 0 spiro atoms. The first-order valence-electron chi connectivity index (χ1n) is 5.48. The van der Waals surface area contributed by atoms with Gasteiger partial charge in [-0.25, -0.2) is 4.79 Å². The van der Waals surface area contributed by atoms with Crippen molar-refractivity contribution in [1.82, 2.24) is 10.6 Å². The zero-order valence-corrected chi connectivity index (χ0v) is 10.00. The molecule has 17 heavy (non-hydrogen) atoms. The molecule has 1 fully saturated rings. The first-order chi connectivity index (χ1) is 8.18. The van der Waals surface area contributed by atoms with Gasteiger partial charge >= 0.3 is 5.97 Å². The Labute approximate surface area is 103 Å². The highest BCUT2D eigenvalue weighted by Crippen LogP contribution is 2.19. The van der Waals surface area contributed by atoms with Gasteiger partial charge in [0.1, 0.15) is 0 Å². The minimum absolute atomic E-state index is 0.233. The second kappa shape index (κ2) is 5.29. The lowest BCUT2D eigenvalue weighted by atomic mass is 10.2. The van der Waals surface area contributed by atoms with Crippen molar-refractivity contribution in [2.75, 3.05) is 6.54 Å². The van der Waals surface area contributed by atoms with Gasteiger partial charge in [0.25, 0.3) is 0 Å². The maximum atomic E-state index is 11.8. The smallest absolute Gasteiger partial charge is 0.331 e. The van der Waals surface area contributed by atoms with Gasteiger partial charge in [-0.05, 0) is 30.8 Å². The molecule has 0 aromatic carbocycles. The number of carboxylic acids is 1. The number of rotatable bonds is 4. The van der Waals surface area contributed by atoms with E-state index in [4.69, 9.17) is 5.11 Å². The van der Waals surface area contributed by atoms with Crippen LogP contribution < -0.4 is 10.6 Å². The van der Waals surface area contributed by atoms with Gasteiger partial charge in [0.2, 0.25) is 5.91 Å². The van der Waals surface area contributed by atoms with E-state index in [9.17, 15) is 9.59 Å². The van der Waals surface area contributed by atoms with Crippen LogP contribution in [0.4, 0.5) is 0 Å². The summed E-state index contributed by atoms with van der Waals surface area (Å²) in [5.41, 5.74) is 0. The average molecular weight is 254 g/mol. The van der Waals surface area contributed by atoms with E-state index in [1.165, 1.54) is 11.3 Å². The molecule has 1 aliphatic rings. The molecular formula is C11H14N2O3S. The number of nitrogens with one attached hydrogen (secondary N) is 2. The first kappa shape index (κ1) is 12.1. The molecule has 2 atom stereocenters. The van der Waals surface area contributed by atoms with Gasteiger partial charge in [0.05, 0.1) is 6.04 Å². The Morgan fingerprint density at radius 2 is 2.41 bits per heavy atom. The third-order valence-electron chi connectivity index (χ3n) is 2.74. The number of carbonyl (C=O) groups is 2. The molecule has 0 radical (unpaired) electrons. The SMILES string of the molecule is O=C(O)C(NC(=O)[C@H]1CCCN1)c1cccs1. The number of aliphatic carboxylic acids is 1. The van der Waals surface area contributed by atoms with Crippen LogP contribution in [0.2, 0.25) is 0 Å². The molecule has 1 aromatic rings. The van der Waals surface area contributed by atoms with Crippen molar-refractivity contribution in [2.45, 2.75) is 24.9 Å². The van der Waals surface area contributed by atoms with Crippen LogP contribution in [0.3, 0.4) is 0 Å². The highest BCUT2D eigenvalue weighted by molar-refractivity contribution is 7.10. The molecule has 0 bridgehead atoms. The van der Waals surface area contributed by atoms with E-state index in [0.29, 0.717) is 4.88 Å². The summed E-state index contributed by atoms with van der Waals surface area (Å²) in [4.78, 5) is 23.6. The summed E-state index contributed by atoms with van der Waals surface area (Å²) in [7, 11) is 0. The van der Waals surface area contributed by atoms with Crippen molar-refractivity contribution in [3.8, 4) is 0 Å². The maximum absolute atomic E-state index is 11.8. The van der Waals surface area contributed by atoms with Crippen LogP contribution in [0.25, 0.3) is 0 Å². The fourth-order valence-electron chi connectivity index (χ4n) is 1.86. The molecule has 3 N–H and O–H groups in total. The predicted molar refractivity (Wildman–Crippen MR) is 63.9 cm³/mol. The molecule has 1 aliphatic heterocycles. The van der Waals surface area contributed by atoms with Crippen LogP contribution in [0.15, 0.2) is 17.5 Å². The van der Waals surface area contributed by atoms with Crippen LogP contribution in [-0.2, 0) is 9.59 Å². The Bertz CT molecular complexity index is 399. The number of hydrogen-bond donors (Lipinski definition) is 3. The monoisotopic (exact) mass is 254 g/mol. The molecule has 6 heteroatoms. The summed E-state index contributed by atoms with van der Waals surface area (Å²) in [6.45, 7) is 0.814. The van der Waals surface area contributed by atoms with Crippen molar-refractivity contribution in [3.05, 3.63) is 22.4 Å². The molecule has 0 aliphatic carbocycles. The lowest BCUT2D eigenvalue weighted by Crippen LogP contribution is -2.43. The van der Waals surface area contributed by atoms with E-state index in [1.807, 2.05) is 0 Å². The maximum Gasteiger partial charge on any atom is 0.331 e. The molecule has 92 valence electrons. The van der Waals surface area contributed by atoms with Gasteiger partial charge in [0, 0.05) is 4.88 Å². The van der Waals surface area contributed by atoms with Crippen LogP contribution in [-0.4, -0.2) is 29.6 Å². The van der Waals surface area contributed by atoms with Crippen molar-refractivity contribution in [2.24, 2.45) is 0 Å². The highest BCUT2D eigenvalue weighted by atomic mass is 32.1. The van der Waals surface area contributed by atoms with Crippen LogP contribution >= 0.6 is 11.3 Å². The van der Waals surface area contributed by atoms with E-state index in [0.717, 1.165) is 19.4 Å². The Morgan fingerprint density at radius 1 is 1.59 bits per heavy atom. The third kappa shape index (κ3) is 2.83. The standard InChI is InChI=1S/C11H14N2O3S/c14-10(7-3-1-5-12-7)13-9(11(15)16)8-4-2-6-17-8/h2,4,6-7,9,12H,1,3,5H2,(H,13,14)(H,15,16)/t7-,9?/m1/s1. The summed E-state index contributed by atoms with van der Waals surface area (Å²) in [6, 6.07) is 2.29. The van der Waals surface area contributed by atoms with Crippen LogP contribution in [0.1, 0.15) is 23.8 Å². The van der Waals surface area contributed by atoms with E-state index in [1.54, 1.807) is 17.5 Å². The van der Waals surface area contributed by atoms with Crippen molar-refractivity contribution < 1.29 is 14.7 Å². The minimum Gasteiger partial charge on any atom is -0.479 e. The number of thiophene rings is 1. The largest absolute Gasteiger partial charge is 0.479 e. The number of amides is 1. The van der Waals surface area contributed by atoms with E-state index in [2.05, 4.69) is 10.6 Å². The van der Waals surface area contributed by atoms with Gasteiger partial charge in [-0.15, -0.1) is 11.3 Å². The lowest BCUT2D eigenvalue weighted by molar-refractivity contribution is -0.142. The predicted octanol–water partition coefficient (Wildman–Crippen LogP) is 0.742. The quantitative estimate of drug-likeness (QED) is 0.740. The molecule has 1 unspecified atom stereocenters. The Hall–Kier alpha value is -1.40. The number of carbonyl (C=O) groups excluding carboxylic acids is 1. The molecule has 0 saturated carbocycles. The van der Waals surface area contributed by atoms with E-state index in [-0.39, 0.29) is 11.9 Å². The Morgan fingerprint density at radius 3 is 2.94 bits per heavy atom. The van der Waals surface area contributed by atoms with Crippen LogP contribution in [0.5, 0.6) is 0 Å². The van der Waals surface area contributed by atoms with Gasteiger partial charge in [-0.2, -0.15) is 0 Å². The zero-order chi connectivity index (χ0) is 12.3. The second-order valence-corrected chi connectivity index (χ2v) is 4.92. The zero-order valence-electron chi connectivity index (χ0n) is 9.18. The first-order valence-corrected chi connectivity index (χ1v) is 6.36. The molecule has 2 heterocycles. The summed E-state index contributed by atoms with van der Waals surface area (Å²) < 4.78 is 0. The lowest BCUT2D eigenvalue weighted by Gasteiger charge is -2.16. The fraction of sp³-hybridized carbons (Fsp3) is 0.455. The van der Waals surface area contributed by atoms with Crippen molar-refractivity contribution >= 4 is 23.2 Å². The number of hydrogen-bond acceptors (Lipinski definition) is 4. The summed E-state index contributed by atoms with van der Waals surface area (Å²) in [6.07, 6.45) is 1.72.